The Hall–Kier alpha value is -1.60. The summed E-state index contributed by atoms with van der Waals surface area (Å²) in [4.78, 5) is 11.9. The van der Waals surface area contributed by atoms with E-state index in [0.717, 1.165) is 19.3 Å². The van der Waals surface area contributed by atoms with E-state index in [-0.39, 0.29) is 35.1 Å². The van der Waals surface area contributed by atoms with Gasteiger partial charge in [0.2, 0.25) is 0 Å². The van der Waals surface area contributed by atoms with Gasteiger partial charge in [0, 0.05) is 5.69 Å². The molecule has 2 amide bonds. The Morgan fingerprint density at radius 3 is 2.82 bits per heavy atom. The van der Waals surface area contributed by atoms with Gasteiger partial charge in [-0.1, -0.05) is 11.6 Å². The van der Waals surface area contributed by atoms with Gasteiger partial charge >= 0.3 is 12.6 Å². The zero-order chi connectivity index (χ0) is 15.7. The summed E-state index contributed by atoms with van der Waals surface area (Å²) in [5.41, 5.74) is 0.396. The summed E-state index contributed by atoms with van der Waals surface area (Å²) in [5.74, 6) is -0.135. The lowest BCUT2D eigenvalue weighted by Crippen LogP contribution is -2.43. The molecule has 0 aromatic heterocycles. The maximum Gasteiger partial charge on any atom is 0.387 e. The number of alkyl halides is 2. The van der Waals surface area contributed by atoms with Crippen LogP contribution in [-0.4, -0.2) is 30.9 Å². The summed E-state index contributed by atoms with van der Waals surface area (Å²) in [6.07, 6.45) is 3.16. The highest BCUT2D eigenvalue weighted by atomic mass is 35.5. The Morgan fingerprint density at radius 1 is 1.41 bits per heavy atom. The molecule has 8 heteroatoms. The van der Waals surface area contributed by atoms with Crippen molar-refractivity contribution in [2.45, 2.75) is 44.1 Å². The van der Waals surface area contributed by atoms with Crippen molar-refractivity contribution in [1.29, 1.82) is 0 Å². The monoisotopic (exact) mass is 332 g/mol. The van der Waals surface area contributed by atoms with Crippen molar-refractivity contribution in [2.75, 3.05) is 5.32 Å². The molecule has 0 radical (unpaired) electrons. The molecule has 2 fully saturated rings. The van der Waals surface area contributed by atoms with Crippen molar-refractivity contribution in [3.63, 3.8) is 0 Å². The van der Waals surface area contributed by atoms with Crippen LogP contribution in [0.4, 0.5) is 19.3 Å². The van der Waals surface area contributed by atoms with Crippen molar-refractivity contribution in [1.82, 2.24) is 5.32 Å². The maximum atomic E-state index is 12.1. The molecule has 1 aromatic carbocycles. The van der Waals surface area contributed by atoms with Crippen LogP contribution in [0.15, 0.2) is 18.2 Å². The smallest absolute Gasteiger partial charge is 0.387 e. The van der Waals surface area contributed by atoms with E-state index in [1.807, 2.05) is 0 Å². The molecule has 2 bridgehead atoms. The summed E-state index contributed by atoms with van der Waals surface area (Å²) in [5, 5.41) is 5.47. The minimum atomic E-state index is -2.95. The van der Waals surface area contributed by atoms with Crippen LogP contribution in [0.1, 0.15) is 19.3 Å². The number of amides is 2. The average molecular weight is 333 g/mol. The van der Waals surface area contributed by atoms with E-state index in [9.17, 15) is 13.6 Å². The molecular weight excluding hydrogens is 318 g/mol. The van der Waals surface area contributed by atoms with Crippen LogP contribution in [0.5, 0.6) is 5.75 Å². The lowest BCUT2D eigenvalue weighted by atomic mass is 9.96. The van der Waals surface area contributed by atoms with Gasteiger partial charge in [0.05, 0.1) is 23.3 Å². The first-order valence-corrected chi connectivity index (χ1v) is 7.36. The summed E-state index contributed by atoms with van der Waals surface area (Å²) in [6, 6.07) is 3.72. The van der Waals surface area contributed by atoms with Crippen LogP contribution < -0.4 is 15.4 Å². The Morgan fingerprint density at radius 2 is 2.23 bits per heavy atom. The molecule has 2 aliphatic heterocycles. The third kappa shape index (κ3) is 3.41. The van der Waals surface area contributed by atoms with Crippen molar-refractivity contribution < 1.29 is 23.0 Å². The van der Waals surface area contributed by atoms with Gasteiger partial charge in [0.25, 0.3) is 0 Å². The molecule has 120 valence electrons. The summed E-state index contributed by atoms with van der Waals surface area (Å²) in [7, 11) is 0. The summed E-state index contributed by atoms with van der Waals surface area (Å²) >= 11 is 5.83. The highest BCUT2D eigenvalue weighted by Gasteiger charge is 2.41. The quantitative estimate of drug-likeness (QED) is 0.888. The number of hydrogen-bond acceptors (Lipinski definition) is 3. The van der Waals surface area contributed by atoms with E-state index in [1.54, 1.807) is 0 Å². The summed E-state index contributed by atoms with van der Waals surface area (Å²) in [6.45, 7) is -2.95. The topological polar surface area (TPSA) is 59.6 Å². The number of rotatable bonds is 4. The maximum absolute atomic E-state index is 12.1. The van der Waals surface area contributed by atoms with Crippen molar-refractivity contribution in [3.05, 3.63) is 23.2 Å². The second kappa shape index (κ2) is 6.26. The van der Waals surface area contributed by atoms with Gasteiger partial charge in [-0.2, -0.15) is 8.78 Å². The lowest BCUT2D eigenvalue weighted by molar-refractivity contribution is -0.0497. The predicted octanol–water partition coefficient (Wildman–Crippen LogP) is 3.38. The van der Waals surface area contributed by atoms with E-state index in [0.29, 0.717) is 5.69 Å². The number of carbonyl (C=O) groups is 1. The number of carbonyl (C=O) groups excluding carboxylic acids is 1. The van der Waals surface area contributed by atoms with Crippen LogP contribution in [0.2, 0.25) is 5.02 Å². The van der Waals surface area contributed by atoms with Gasteiger partial charge in [-0.3, -0.25) is 0 Å². The number of halogens is 3. The summed E-state index contributed by atoms with van der Waals surface area (Å²) < 4.78 is 34.2. The van der Waals surface area contributed by atoms with E-state index in [4.69, 9.17) is 16.3 Å². The van der Waals surface area contributed by atoms with Gasteiger partial charge in [-0.15, -0.1) is 0 Å². The molecule has 0 spiro atoms. The SMILES string of the molecule is O=C(Nc1ccc(OC(F)F)c(Cl)c1)N[C@H]1C[C@H]2CC[C@H]1O2. The Labute approximate surface area is 130 Å². The molecule has 2 heterocycles. The van der Waals surface area contributed by atoms with Gasteiger partial charge in [0.15, 0.2) is 0 Å². The Kier molecular flexibility index (Phi) is 4.35. The Balaban J connectivity index is 1.56. The zero-order valence-electron chi connectivity index (χ0n) is 11.5. The lowest BCUT2D eigenvalue weighted by Gasteiger charge is -2.20. The molecule has 2 aliphatic rings. The second-order valence-electron chi connectivity index (χ2n) is 5.34. The highest BCUT2D eigenvalue weighted by molar-refractivity contribution is 6.32. The number of fused-ring (bicyclic) bond motifs is 2. The number of ether oxygens (including phenoxy) is 2. The van der Waals surface area contributed by atoms with Gasteiger partial charge < -0.3 is 20.1 Å². The molecule has 3 rings (SSSR count). The number of anilines is 1. The molecular formula is C14H15ClF2N2O3. The second-order valence-corrected chi connectivity index (χ2v) is 5.75. The van der Waals surface area contributed by atoms with Crippen LogP contribution in [0.25, 0.3) is 0 Å². The fourth-order valence-corrected chi connectivity index (χ4v) is 3.12. The van der Waals surface area contributed by atoms with E-state index in [2.05, 4.69) is 15.4 Å². The first-order valence-electron chi connectivity index (χ1n) is 6.98. The fraction of sp³-hybridized carbons (Fsp3) is 0.500. The van der Waals surface area contributed by atoms with E-state index in [1.165, 1.54) is 18.2 Å². The third-order valence-electron chi connectivity index (χ3n) is 3.83. The van der Waals surface area contributed by atoms with Gasteiger partial charge in [-0.05, 0) is 37.5 Å². The third-order valence-corrected chi connectivity index (χ3v) is 4.12. The van der Waals surface area contributed by atoms with Crippen molar-refractivity contribution in [3.8, 4) is 5.75 Å². The normalized spacial score (nSPS) is 26.3. The van der Waals surface area contributed by atoms with Crippen LogP contribution in [-0.2, 0) is 4.74 Å². The number of nitrogens with one attached hydrogen (secondary N) is 2. The predicted molar refractivity (Wildman–Crippen MR) is 76.5 cm³/mol. The largest absolute Gasteiger partial charge is 0.433 e. The number of urea groups is 1. The first kappa shape index (κ1) is 15.3. The zero-order valence-corrected chi connectivity index (χ0v) is 12.3. The Bertz CT molecular complexity index is 573. The number of benzene rings is 1. The molecule has 2 N–H and O–H groups in total. The van der Waals surface area contributed by atoms with Crippen LogP contribution in [0, 0.1) is 0 Å². The number of hydrogen-bond donors (Lipinski definition) is 2. The molecule has 5 nitrogen and oxygen atoms in total. The molecule has 0 unspecified atom stereocenters. The highest BCUT2D eigenvalue weighted by Crippen LogP contribution is 2.34. The van der Waals surface area contributed by atoms with Gasteiger partial charge in [-0.25, -0.2) is 4.79 Å². The minimum absolute atomic E-state index is 0.00126. The van der Waals surface area contributed by atoms with Gasteiger partial charge in [0.1, 0.15) is 5.75 Å². The first-order chi connectivity index (χ1) is 10.5. The molecule has 3 atom stereocenters. The fourth-order valence-electron chi connectivity index (χ4n) is 2.90. The van der Waals surface area contributed by atoms with E-state index < -0.39 is 6.61 Å². The molecule has 0 aliphatic carbocycles. The van der Waals surface area contributed by atoms with Crippen molar-refractivity contribution >= 4 is 23.3 Å². The molecule has 2 saturated heterocycles. The van der Waals surface area contributed by atoms with E-state index >= 15 is 0 Å². The molecule has 22 heavy (non-hydrogen) atoms. The van der Waals surface area contributed by atoms with Crippen LogP contribution >= 0.6 is 11.6 Å². The standard InChI is InChI=1S/C14H15ClF2N2O3/c15-9-5-7(1-3-11(9)22-13(16)17)18-14(20)19-10-6-8-2-4-12(10)21-8/h1,3,5,8,10,12-13H,2,4,6H2,(H2,18,19,20)/t8-,10+,12-/m1/s1. The van der Waals surface area contributed by atoms with Crippen LogP contribution in [0.3, 0.4) is 0 Å². The molecule has 0 saturated carbocycles. The average Bonchev–Trinajstić information content (AvgIpc) is 3.03. The molecule has 1 aromatic rings. The minimum Gasteiger partial charge on any atom is -0.433 e. The van der Waals surface area contributed by atoms with Crippen molar-refractivity contribution in [2.24, 2.45) is 0 Å².